The van der Waals surface area contributed by atoms with Gasteiger partial charge in [-0.3, -0.25) is 4.79 Å². The van der Waals surface area contributed by atoms with Gasteiger partial charge in [0.15, 0.2) is 0 Å². The number of carbonyl (C=O) groups excluding carboxylic acids is 1. The number of aldehydes is 1. The number of allylic oxidation sites excluding steroid dienone is 1. The molecule has 0 aliphatic heterocycles. The summed E-state index contributed by atoms with van der Waals surface area (Å²) >= 11 is 0. The number of carbonyl (C=O) groups is 1. The third kappa shape index (κ3) is 2.16. The lowest BCUT2D eigenvalue weighted by molar-refractivity contribution is 0.112. The second-order valence-corrected chi connectivity index (χ2v) is 4.08. The Hall–Kier alpha value is -1.41. The Kier molecular flexibility index (Phi) is 3.43. The van der Waals surface area contributed by atoms with Crippen LogP contribution in [0.2, 0.25) is 0 Å². The van der Waals surface area contributed by atoms with Gasteiger partial charge in [-0.1, -0.05) is 38.1 Å². The van der Waals surface area contributed by atoms with Crippen LogP contribution >= 0.6 is 0 Å². The van der Waals surface area contributed by atoms with Crippen molar-refractivity contribution >= 4 is 6.29 Å². The Balaban J connectivity index is 3.47. The van der Waals surface area contributed by atoms with Crippen LogP contribution in [0, 0.1) is 0 Å². The summed E-state index contributed by atoms with van der Waals surface area (Å²) in [6, 6.07) is 5.36. The minimum Gasteiger partial charge on any atom is -0.392 e. The average Bonchev–Trinajstić information content (AvgIpc) is 2.27. The second kappa shape index (κ2) is 4.41. The van der Waals surface area contributed by atoms with Gasteiger partial charge in [0.1, 0.15) is 6.29 Å². The van der Waals surface area contributed by atoms with Crippen LogP contribution in [0.5, 0.6) is 0 Å². The molecule has 1 aromatic rings. The van der Waals surface area contributed by atoms with Gasteiger partial charge in [0, 0.05) is 11.0 Å². The normalized spacial score (nSPS) is 11.1. The standard InChI is InChI=1S/C13H16O2/c1-4-13(2,3)12-10(8-14)6-5-7-11(12)9-15/h4-8,15H,1,9H2,2-3H3. The molecular formula is C13H16O2. The molecule has 0 aliphatic carbocycles. The molecule has 1 rings (SSSR count). The van der Waals surface area contributed by atoms with Gasteiger partial charge in [-0.15, -0.1) is 6.58 Å². The number of hydrogen-bond donors (Lipinski definition) is 1. The predicted molar refractivity (Wildman–Crippen MR) is 61.0 cm³/mol. The molecule has 0 spiro atoms. The van der Waals surface area contributed by atoms with Crippen molar-refractivity contribution in [3.8, 4) is 0 Å². The molecule has 1 N–H and O–H groups in total. The molecular weight excluding hydrogens is 188 g/mol. The number of rotatable bonds is 4. The predicted octanol–water partition coefficient (Wildman–Crippen LogP) is 2.46. The Labute approximate surface area is 90.3 Å². The SMILES string of the molecule is C=CC(C)(C)c1c(C=O)cccc1CO. The van der Waals surface area contributed by atoms with Gasteiger partial charge in [-0.05, 0) is 11.1 Å². The summed E-state index contributed by atoms with van der Waals surface area (Å²) in [4.78, 5) is 10.9. The molecule has 0 saturated carbocycles. The maximum absolute atomic E-state index is 10.9. The van der Waals surface area contributed by atoms with Gasteiger partial charge in [-0.2, -0.15) is 0 Å². The third-order valence-electron chi connectivity index (χ3n) is 2.63. The zero-order valence-corrected chi connectivity index (χ0v) is 9.16. The smallest absolute Gasteiger partial charge is 0.150 e. The fourth-order valence-corrected chi connectivity index (χ4v) is 1.74. The molecule has 0 amide bonds. The summed E-state index contributed by atoms with van der Waals surface area (Å²) in [6.07, 6.45) is 2.61. The summed E-state index contributed by atoms with van der Waals surface area (Å²) in [7, 11) is 0. The van der Waals surface area contributed by atoms with Crippen molar-refractivity contribution in [1.82, 2.24) is 0 Å². The van der Waals surface area contributed by atoms with Crippen molar-refractivity contribution in [2.24, 2.45) is 0 Å². The van der Waals surface area contributed by atoms with E-state index in [1.165, 1.54) is 0 Å². The Morgan fingerprint density at radius 1 is 1.47 bits per heavy atom. The van der Waals surface area contributed by atoms with Crippen LogP contribution in [0.3, 0.4) is 0 Å². The second-order valence-electron chi connectivity index (χ2n) is 4.08. The topological polar surface area (TPSA) is 37.3 Å². The van der Waals surface area contributed by atoms with Crippen molar-refractivity contribution in [3.05, 3.63) is 47.5 Å². The molecule has 0 heterocycles. The van der Waals surface area contributed by atoms with Crippen LogP contribution in [0.25, 0.3) is 0 Å². The van der Waals surface area contributed by atoms with E-state index in [1.54, 1.807) is 18.2 Å². The molecule has 0 bridgehead atoms. The number of aliphatic hydroxyl groups excluding tert-OH is 1. The van der Waals surface area contributed by atoms with Crippen LogP contribution in [0.4, 0.5) is 0 Å². The van der Waals surface area contributed by atoms with Gasteiger partial charge >= 0.3 is 0 Å². The average molecular weight is 204 g/mol. The molecule has 0 unspecified atom stereocenters. The molecule has 1 aromatic carbocycles. The number of hydrogen-bond acceptors (Lipinski definition) is 2. The monoisotopic (exact) mass is 204 g/mol. The molecule has 80 valence electrons. The summed E-state index contributed by atoms with van der Waals surface area (Å²) in [5, 5.41) is 9.25. The van der Waals surface area contributed by atoms with E-state index in [2.05, 4.69) is 6.58 Å². The first-order valence-corrected chi connectivity index (χ1v) is 4.89. The number of benzene rings is 1. The van der Waals surface area contributed by atoms with E-state index < -0.39 is 0 Å². The highest BCUT2D eigenvalue weighted by molar-refractivity contribution is 5.79. The first-order valence-electron chi connectivity index (χ1n) is 4.89. The van der Waals surface area contributed by atoms with Crippen molar-refractivity contribution in [2.75, 3.05) is 0 Å². The van der Waals surface area contributed by atoms with Crippen LogP contribution in [-0.4, -0.2) is 11.4 Å². The minimum atomic E-state index is -0.310. The highest BCUT2D eigenvalue weighted by Gasteiger charge is 2.22. The lowest BCUT2D eigenvalue weighted by Crippen LogP contribution is -2.18. The van der Waals surface area contributed by atoms with E-state index in [-0.39, 0.29) is 12.0 Å². The first-order chi connectivity index (χ1) is 7.06. The molecule has 2 heteroatoms. The molecule has 0 radical (unpaired) electrons. The fraction of sp³-hybridized carbons (Fsp3) is 0.308. The molecule has 0 saturated heterocycles. The van der Waals surface area contributed by atoms with Crippen molar-refractivity contribution in [1.29, 1.82) is 0 Å². The Bertz CT molecular complexity index is 378. The van der Waals surface area contributed by atoms with Gasteiger partial charge < -0.3 is 5.11 Å². The van der Waals surface area contributed by atoms with Crippen LogP contribution in [-0.2, 0) is 12.0 Å². The highest BCUT2D eigenvalue weighted by Crippen LogP contribution is 2.30. The molecule has 0 fully saturated rings. The summed E-state index contributed by atoms with van der Waals surface area (Å²) in [5.41, 5.74) is 1.95. The van der Waals surface area contributed by atoms with E-state index in [9.17, 15) is 9.90 Å². The summed E-state index contributed by atoms with van der Waals surface area (Å²) in [6.45, 7) is 7.65. The minimum absolute atomic E-state index is 0.0612. The molecule has 0 aliphatic rings. The maximum atomic E-state index is 10.9. The quantitative estimate of drug-likeness (QED) is 0.604. The van der Waals surface area contributed by atoms with Crippen LogP contribution in [0.1, 0.15) is 35.3 Å². The highest BCUT2D eigenvalue weighted by atomic mass is 16.3. The summed E-state index contributed by atoms with van der Waals surface area (Å²) < 4.78 is 0. The summed E-state index contributed by atoms with van der Waals surface area (Å²) in [5.74, 6) is 0. The third-order valence-corrected chi connectivity index (χ3v) is 2.63. The molecule has 15 heavy (non-hydrogen) atoms. The van der Waals surface area contributed by atoms with E-state index in [0.717, 1.165) is 17.4 Å². The zero-order chi connectivity index (χ0) is 11.5. The van der Waals surface area contributed by atoms with Crippen LogP contribution < -0.4 is 0 Å². The van der Waals surface area contributed by atoms with Crippen molar-refractivity contribution in [2.45, 2.75) is 25.9 Å². The Morgan fingerprint density at radius 3 is 2.60 bits per heavy atom. The van der Waals surface area contributed by atoms with E-state index in [4.69, 9.17) is 0 Å². The van der Waals surface area contributed by atoms with Crippen molar-refractivity contribution < 1.29 is 9.90 Å². The van der Waals surface area contributed by atoms with Gasteiger partial charge in [-0.25, -0.2) is 0 Å². The van der Waals surface area contributed by atoms with Crippen LogP contribution in [0.15, 0.2) is 30.9 Å². The van der Waals surface area contributed by atoms with E-state index in [0.29, 0.717) is 5.56 Å². The fourth-order valence-electron chi connectivity index (χ4n) is 1.74. The van der Waals surface area contributed by atoms with Gasteiger partial charge in [0.25, 0.3) is 0 Å². The maximum Gasteiger partial charge on any atom is 0.150 e. The van der Waals surface area contributed by atoms with Gasteiger partial charge in [0.2, 0.25) is 0 Å². The number of aliphatic hydroxyl groups is 1. The Morgan fingerprint density at radius 2 is 2.13 bits per heavy atom. The lowest BCUT2D eigenvalue weighted by atomic mass is 9.79. The zero-order valence-electron chi connectivity index (χ0n) is 9.16. The first kappa shape index (κ1) is 11.7. The molecule has 2 nitrogen and oxygen atoms in total. The van der Waals surface area contributed by atoms with E-state index in [1.807, 2.05) is 19.9 Å². The molecule has 0 atom stereocenters. The molecule has 0 aromatic heterocycles. The van der Waals surface area contributed by atoms with Gasteiger partial charge in [0.05, 0.1) is 6.61 Å². The largest absolute Gasteiger partial charge is 0.392 e. The lowest BCUT2D eigenvalue weighted by Gasteiger charge is -2.25. The van der Waals surface area contributed by atoms with E-state index >= 15 is 0 Å². The van der Waals surface area contributed by atoms with Crippen molar-refractivity contribution in [3.63, 3.8) is 0 Å².